The Morgan fingerprint density at radius 3 is 2.94 bits per heavy atom. The van der Waals surface area contributed by atoms with Gasteiger partial charge < -0.3 is 10.5 Å². The zero-order valence-electron chi connectivity index (χ0n) is 9.30. The third-order valence-corrected chi connectivity index (χ3v) is 2.39. The van der Waals surface area contributed by atoms with E-state index in [1.807, 2.05) is 19.1 Å². The molecule has 2 N–H and O–H groups in total. The van der Waals surface area contributed by atoms with Crippen molar-refractivity contribution in [2.24, 2.45) is 5.73 Å². The lowest BCUT2D eigenvalue weighted by molar-refractivity contribution is 0.450. The van der Waals surface area contributed by atoms with Gasteiger partial charge in [0.1, 0.15) is 5.75 Å². The molecule has 0 spiro atoms. The molecular formula is C12H12ClN3O. The van der Waals surface area contributed by atoms with Crippen LogP contribution in [0.5, 0.6) is 11.6 Å². The number of aromatic nitrogens is 2. The first kappa shape index (κ1) is 11.8. The summed E-state index contributed by atoms with van der Waals surface area (Å²) in [5.41, 5.74) is 6.68. The molecule has 2 heterocycles. The molecule has 0 unspecified atom stereocenters. The fourth-order valence-electron chi connectivity index (χ4n) is 1.39. The normalized spacial score (nSPS) is 12.2. The van der Waals surface area contributed by atoms with Crippen LogP contribution < -0.4 is 10.5 Å². The van der Waals surface area contributed by atoms with Gasteiger partial charge >= 0.3 is 0 Å². The average Bonchev–Trinajstić information content (AvgIpc) is 2.29. The molecule has 88 valence electrons. The number of nitrogens with two attached hydrogens (primary N) is 1. The minimum atomic E-state index is -0.147. The van der Waals surface area contributed by atoms with Crippen LogP contribution in [-0.2, 0) is 0 Å². The highest BCUT2D eigenvalue weighted by atomic mass is 35.5. The predicted molar refractivity (Wildman–Crippen MR) is 66.2 cm³/mol. The van der Waals surface area contributed by atoms with Crippen molar-refractivity contribution in [3.8, 4) is 11.6 Å². The first-order valence-electron chi connectivity index (χ1n) is 5.15. The minimum absolute atomic E-state index is 0.147. The summed E-state index contributed by atoms with van der Waals surface area (Å²) in [5, 5.41) is 0.515. The summed E-state index contributed by atoms with van der Waals surface area (Å²) >= 11 is 5.83. The molecule has 0 bridgehead atoms. The third-order valence-electron chi connectivity index (χ3n) is 2.19. The first-order valence-corrected chi connectivity index (χ1v) is 5.53. The lowest BCUT2D eigenvalue weighted by atomic mass is 10.1. The second-order valence-electron chi connectivity index (χ2n) is 3.63. The lowest BCUT2D eigenvalue weighted by Gasteiger charge is -2.11. The van der Waals surface area contributed by atoms with Crippen molar-refractivity contribution < 1.29 is 4.74 Å². The highest BCUT2D eigenvalue weighted by molar-refractivity contribution is 6.30. The van der Waals surface area contributed by atoms with Gasteiger partial charge in [0, 0.05) is 30.1 Å². The zero-order chi connectivity index (χ0) is 12.3. The monoisotopic (exact) mass is 249 g/mol. The summed E-state index contributed by atoms with van der Waals surface area (Å²) in [4.78, 5) is 8.09. The Hall–Kier alpha value is -1.65. The molecule has 2 aromatic heterocycles. The minimum Gasteiger partial charge on any atom is -0.437 e. The Balaban J connectivity index is 2.30. The average molecular weight is 250 g/mol. The standard InChI is InChI=1S/C12H12ClN3O/c1-8(14)11-3-2-4-16-12(11)17-10-5-9(13)6-15-7-10/h2-8H,14H2,1H3/t8-/m1/s1. The van der Waals surface area contributed by atoms with E-state index in [4.69, 9.17) is 22.1 Å². The van der Waals surface area contributed by atoms with Crippen LogP contribution in [0.3, 0.4) is 0 Å². The molecule has 5 heteroatoms. The molecule has 0 saturated heterocycles. The van der Waals surface area contributed by atoms with Crippen LogP contribution in [0, 0.1) is 0 Å². The van der Waals surface area contributed by atoms with Gasteiger partial charge in [-0.2, -0.15) is 0 Å². The van der Waals surface area contributed by atoms with Gasteiger partial charge in [-0.25, -0.2) is 4.98 Å². The number of hydrogen-bond acceptors (Lipinski definition) is 4. The van der Waals surface area contributed by atoms with E-state index in [0.29, 0.717) is 16.7 Å². The molecule has 0 aliphatic heterocycles. The Morgan fingerprint density at radius 1 is 1.41 bits per heavy atom. The Kier molecular flexibility index (Phi) is 3.56. The number of halogens is 1. The molecule has 0 amide bonds. The fraction of sp³-hybridized carbons (Fsp3) is 0.167. The van der Waals surface area contributed by atoms with Crippen molar-refractivity contribution in [2.45, 2.75) is 13.0 Å². The Bertz CT molecular complexity index is 517. The molecule has 0 saturated carbocycles. The molecular weight excluding hydrogens is 238 g/mol. The molecule has 1 atom stereocenters. The van der Waals surface area contributed by atoms with Crippen molar-refractivity contribution in [3.63, 3.8) is 0 Å². The molecule has 0 aliphatic carbocycles. The maximum Gasteiger partial charge on any atom is 0.224 e. The Morgan fingerprint density at radius 2 is 2.24 bits per heavy atom. The second kappa shape index (κ2) is 5.12. The van der Waals surface area contributed by atoms with Gasteiger partial charge in [0.05, 0.1) is 11.2 Å². The lowest BCUT2D eigenvalue weighted by Crippen LogP contribution is -2.07. The molecule has 0 aliphatic rings. The number of pyridine rings is 2. The Labute approximate surface area is 104 Å². The van der Waals surface area contributed by atoms with Crippen LogP contribution in [-0.4, -0.2) is 9.97 Å². The van der Waals surface area contributed by atoms with E-state index in [1.54, 1.807) is 24.7 Å². The van der Waals surface area contributed by atoms with Crippen LogP contribution in [0.1, 0.15) is 18.5 Å². The molecule has 0 radical (unpaired) electrons. The summed E-state index contributed by atoms with van der Waals surface area (Å²) < 4.78 is 5.61. The number of ether oxygens (including phenoxy) is 1. The van der Waals surface area contributed by atoms with Crippen LogP contribution in [0.25, 0.3) is 0 Å². The number of nitrogens with zero attached hydrogens (tertiary/aromatic N) is 2. The summed E-state index contributed by atoms with van der Waals surface area (Å²) in [6, 6.07) is 5.23. The largest absolute Gasteiger partial charge is 0.437 e. The second-order valence-corrected chi connectivity index (χ2v) is 4.06. The van der Waals surface area contributed by atoms with Crippen molar-refractivity contribution in [3.05, 3.63) is 47.4 Å². The van der Waals surface area contributed by atoms with Gasteiger partial charge in [-0.15, -0.1) is 0 Å². The molecule has 0 fully saturated rings. The van der Waals surface area contributed by atoms with Crippen molar-refractivity contribution in [1.82, 2.24) is 9.97 Å². The zero-order valence-corrected chi connectivity index (χ0v) is 10.1. The molecule has 2 aromatic rings. The summed E-state index contributed by atoms with van der Waals surface area (Å²) in [6.45, 7) is 1.88. The van der Waals surface area contributed by atoms with Gasteiger partial charge in [0.2, 0.25) is 5.88 Å². The van der Waals surface area contributed by atoms with E-state index in [1.165, 1.54) is 0 Å². The highest BCUT2D eigenvalue weighted by Gasteiger charge is 2.09. The van der Waals surface area contributed by atoms with Gasteiger partial charge in [0.25, 0.3) is 0 Å². The summed E-state index contributed by atoms with van der Waals surface area (Å²) in [5.74, 6) is 1.02. The van der Waals surface area contributed by atoms with E-state index in [9.17, 15) is 0 Å². The molecule has 17 heavy (non-hydrogen) atoms. The van der Waals surface area contributed by atoms with Crippen molar-refractivity contribution in [2.75, 3.05) is 0 Å². The van der Waals surface area contributed by atoms with Gasteiger partial charge in [-0.05, 0) is 13.0 Å². The molecule has 2 rings (SSSR count). The van der Waals surface area contributed by atoms with Crippen LogP contribution in [0.4, 0.5) is 0 Å². The molecule has 4 nitrogen and oxygen atoms in total. The number of hydrogen-bond donors (Lipinski definition) is 1. The number of rotatable bonds is 3. The molecule has 0 aromatic carbocycles. The topological polar surface area (TPSA) is 61.0 Å². The van der Waals surface area contributed by atoms with Crippen molar-refractivity contribution in [1.29, 1.82) is 0 Å². The quantitative estimate of drug-likeness (QED) is 0.909. The smallest absolute Gasteiger partial charge is 0.224 e. The van der Waals surface area contributed by atoms with Crippen LogP contribution in [0.15, 0.2) is 36.8 Å². The first-order chi connectivity index (χ1) is 8.16. The SMILES string of the molecule is C[C@@H](N)c1cccnc1Oc1cncc(Cl)c1. The third kappa shape index (κ3) is 2.93. The van der Waals surface area contributed by atoms with Crippen LogP contribution in [0.2, 0.25) is 5.02 Å². The van der Waals surface area contributed by atoms with Crippen LogP contribution >= 0.6 is 11.6 Å². The predicted octanol–water partition coefficient (Wildman–Crippen LogP) is 2.94. The van der Waals surface area contributed by atoms with E-state index in [2.05, 4.69) is 9.97 Å². The van der Waals surface area contributed by atoms with E-state index >= 15 is 0 Å². The summed E-state index contributed by atoms with van der Waals surface area (Å²) in [7, 11) is 0. The fourth-order valence-corrected chi connectivity index (χ4v) is 1.56. The maximum absolute atomic E-state index is 5.84. The highest BCUT2D eigenvalue weighted by Crippen LogP contribution is 2.26. The van der Waals surface area contributed by atoms with Crippen molar-refractivity contribution >= 4 is 11.6 Å². The summed E-state index contributed by atoms with van der Waals surface area (Å²) in [6.07, 6.45) is 4.77. The van der Waals surface area contributed by atoms with E-state index < -0.39 is 0 Å². The van der Waals surface area contributed by atoms with Gasteiger partial charge in [-0.1, -0.05) is 17.7 Å². The van der Waals surface area contributed by atoms with E-state index in [-0.39, 0.29) is 6.04 Å². The van der Waals surface area contributed by atoms with Gasteiger partial charge in [-0.3, -0.25) is 4.98 Å². The van der Waals surface area contributed by atoms with E-state index in [0.717, 1.165) is 5.56 Å². The van der Waals surface area contributed by atoms with Gasteiger partial charge in [0.15, 0.2) is 0 Å². The maximum atomic E-state index is 5.84.